The fourth-order valence-corrected chi connectivity index (χ4v) is 2.41. The summed E-state index contributed by atoms with van der Waals surface area (Å²) in [5.74, 6) is -1.46. The Morgan fingerprint density at radius 3 is 2.07 bits per heavy atom. The second-order valence-electron chi connectivity index (χ2n) is 2.28. The maximum atomic E-state index is 10.8. The van der Waals surface area contributed by atoms with E-state index in [2.05, 4.69) is 4.31 Å². The van der Waals surface area contributed by atoms with Gasteiger partial charge in [0, 0.05) is 0 Å². The third kappa shape index (κ3) is 6.22. The van der Waals surface area contributed by atoms with Crippen LogP contribution in [0.25, 0.3) is 0 Å². The van der Waals surface area contributed by atoms with E-state index in [4.69, 9.17) is 19.8 Å². The summed E-state index contributed by atoms with van der Waals surface area (Å²) in [6.07, 6.45) is 0. The van der Waals surface area contributed by atoms with Gasteiger partial charge in [-0.2, -0.15) is 4.31 Å². The lowest BCUT2D eigenvalue weighted by Crippen LogP contribution is -2.31. The molecule has 0 aliphatic heterocycles. The number of phosphoric acid groups is 1. The molecule has 0 bridgehead atoms. The van der Waals surface area contributed by atoms with Gasteiger partial charge in [-0.05, 0) is 6.92 Å². The molecule has 0 aliphatic rings. The number of hydrogen-bond donors (Lipinski definition) is 5. The first kappa shape index (κ1) is 13.7. The van der Waals surface area contributed by atoms with Gasteiger partial charge in [0.1, 0.15) is 6.04 Å². The standard InChI is InChI=1S/C3H9NO8P2/c1-2(3(5)6)4-13(7,8)12-14(9,10)11/h2H,1H3,(H,5,6)(H2,4,7,8)(H2,9,10,11). The van der Waals surface area contributed by atoms with Gasteiger partial charge in [-0.25, -0.2) is 14.2 Å². The van der Waals surface area contributed by atoms with Crippen LogP contribution in [0.4, 0.5) is 0 Å². The molecule has 2 atom stereocenters. The summed E-state index contributed by atoms with van der Waals surface area (Å²) in [6, 6.07) is -1.47. The number of aliphatic carboxylic acids is 1. The van der Waals surface area contributed by atoms with Crippen LogP contribution in [0, 0.1) is 0 Å². The average molecular weight is 249 g/mol. The summed E-state index contributed by atoms with van der Waals surface area (Å²) in [5.41, 5.74) is 0. The quantitative estimate of drug-likeness (QED) is 0.396. The Hall–Kier alpha value is -0.270. The molecule has 0 saturated carbocycles. The largest absolute Gasteiger partial charge is 0.480 e. The molecular formula is C3H9NO8P2. The molecule has 0 spiro atoms. The molecule has 0 aromatic carbocycles. The maximum Gasteiger partial charge on any atom is 0.477 e. The van der Waals surface area contributed by atoms with Crippen LogP contribution in [0.2, 0.25) is 0 Å². The summed E-state index contributed by atoms with van der Waals surface area (Å²) in [4.78, 5) is 35.3. The summed E-state index contributed by atoms with van der Waals surface area (Å²) in [5, 5.41) is 9.81. The maximum absolute atomic E-state index is 10.8. The van der Waals surface area contributed by atoms with Crippen molar-refractivity contribution in [3.05, 3.63) is 0 Å². The van der Waals surface area contributed by atoms with Crippen LogP contribution in [-0.2, 0) is 18.2 Å². The highest BCUT2D eigenvalue weighted by molar-refractivity contribution is 7.62. The molecule has 0 fully saturated rings. The van der Waals surface area contributed by atoms with E-state index < -0.39 is 27.6 Å². The van der Waals surface area contributed by atoms with Crippen molar-refractivity contribution in [3.63, 3.8) is 0 Å². The van der Waals surface area contributed by atoms with E-state index in [1.165, 1.54) is 5.09 Å². The van der Waals surface area contributed by atoms with Gasteiger partial charge in [-0.1, -0.05) is 0 Å². The van der Waals surface area contributed by atoms with Gasteiger partial charge in [-0.3, -0.25) is 4.79 Å². The topological polar surface area (TPSA) is 153 Å². The summed E-state index contributed by atoms with van der Waals surface area (Å²) in [6.45, 7) is 1.01. The smallest absolute Gasteiger partial charge is 0.477 e. The second-order valence-corrected chi connectivity index (χ2v) is 5.22. The molecule has 0 saturated heterocycles. The van der Waals surface area contributed by atoms with Crippen LogP contribution in [0.3, 0.4) is 0 Å². The molecule has 0 aromatic rings. The number of hydrogen-bond acceptors (Lipinski definition) is 4. The third-order valence-corrected chi connectivity index (χ3v) is 3.39. The Kier molecular flexibility index (Phi) is 4.41. The van der Waals surface area contributed by atoms with Crippen LogP contribution in [0.5, 0.6) is 0 Å². The van der Waals surface area contributed by atoms with Crippen molar-refractivity contribution in [1.29, 1.82) is 0 Å². The van der Waals surface area contributed by atoms with Crippen LogP contribution in [0.1, 0.15) is 6.92 Å². The lowest BCUT2D eigenvalue weighted by Gasteiger charge is -2.15. The fourth-order valence-electron chi connectivity index (χ4n) is 0.468. The first-order valence-electron chi connectivity index (χ1n) is 3.14. The minimum absolute atomic E-state index is 1.01. The zero-order chi connectivity index (χ0) is 11.6. The number of carboxylic acid groups (broad SMARTS) is 1. The Morgan fingerprint density at radius 1 is 1.36 bits per heavy atom. The van der Waals surface area contributed by atoms with Gasteiger partial charge in [0.25, 0.3) is 0 Å². The molecule has 9 nitrogen and oxygen atoms in total. The zero-order valence-corrected chi connectivity index (χ0v) is 8.68. The van der Waals surface area contributed by atoms with E-state index in [1.807, 2.05) is 0 Å². The number of carbonyl (C=O) groups is 1. The van der Waals surface area contributed by atoms with Crippen molar-refractivity contribution < 1.29 is 38.0 Å². The Labute approximate surface area is 78.5 Å². The highest BCUT2D eigenvalue weighted by Gasteiger charge is 2.33. The third-order valence-electron chi connectivity index (χ3n) is 0.944. The van der Waals surface area contributed by atoms with Crippen molar-refractivity contribution in [2.75, 3.05) is 0 Å². The molecule has 11 heteroatoms. The number of nitrogens with one attached hydrogen (secondary N) is 1. The summed E-state index contributed by atoms with van der Waals surface area (Å²) in [7, 11) is -9.96. The average Bonchev–Trinajstić information content (AvgIpc) is 1.78. The predicted molar refractivity (Wildman–Crippen MR) is 43.2 cm³/mol. The summed E-state index contributed by atoms with van der Waals surface area (Å²) >= 11 is 0. The van der Waals surface area contributed by atoms with Gasteiger partial charge in [0.15, 0.2) is 0 Å². The molecule has 0 aliphatic carbocycles. The molecule has 14 heavy (non-hydrogen) atoms. The normalized spacial score (nSPS) is 18.6. The van der Waals surface area contributed by atoms with Crippen molar-refractivity contribution in [1.82, 2.24) is 5.09 Å². The van der Waals surface area contributed by atoms with E-state index in [9.17, 15) is 13.9 Å². The predicted octanol–water partition coefficient (Wildman–Crippen LogP) is -0.741. The zero-order valence-electron chi connectivity index (χ0n) is 6.89. The molecule has 2 unspecified atom stereocenters. The van der Waals surface area contributed by atoms with Crippen molar-refractivity contribution in [2.45, 2.75) is 13.0 Å². The Bertz CT molecular complexity index is 308. The molecule has 5 N–H and O–H groups in total. The Morgan fingerprint density at radius 2 is 1.79 bits per heavy atom. The van der Waals surface area contributed by atoms with Crippen LogP contribution < -0.4 is 5.09 Å². The molecule has 0 aromatic heterocycles. The lowest BCUT2D eigenvalue weighted by atomic mass is 10.4. The van der Waals surface area contributed by atoms with E-state index in [0.29, 0.717) is 0 Å². The highest BCUT2D eigenvalue weighted by atomic mass is 31.3. The minimum atomic E-state index is -5.14. The van der Waals surface area contributed by atoms with Gasteiger partial charge < -0.3 is 19.8 Å². The van der Waals surface area contributed by atoms with Crippen molar-refractivity contribution in [2.24, 2.45) is 0 Å². The van der Waals surface area contributed by atoms with E-state index in [-0.39, 0.29) is 0 Å². The minimum Gasteiger partial charge on any atom is -0.480 e. The number of rotatable bonds is 5. The van der Waals surface area contributed by atoms with E-state index in [1.54, 1.807) is 0 Å². The van der Waals surface area contributed by atoms with E-state index in [0.717, 1.165) is 6.92 Å². The SMILES string of the molecule is CC(NP(=O)(O)OP(=O)(O)O)C(=O)O. The molecule has 0 heterocycles. The second kappa shape index (κ2) is 4.50. The van der Waals surface area contributed by atoms with Crippen molar-refractivity contribution in [3.8, 4) is 0 Å². The molecule has 0 amide bonds. The molecule has 0 radical (unpaired) electrons. The first-order chi connectivity index (χ1) is 6.03. The van der Waals surface area contributed by atoms with Gasteiger partial charge in [0.2, 0.25) is 0 Å². The van der Waals surface area contributed by atoms with Gasteiger partial charge >= 0.3 is 21.5 Å². The fraction of sp³-hybridized carbons (Fsp3) is 0.667. The van der Waals surface area contributed by atoms with Crippen LogP contribution in [-0.4, -0.2) is 31.8 Å². The van der Waals surface area contributed by atoms with Crippen LogP contribution in [0.15, 0.2) is 0 Å². The van der Waals surface area contributed by atoms with Gasteiger partial charge in [-0.15, -0.1) is 0 Å². The number of carboxylic acids is 1. The molecular weight excluding hydrogens is 240 g/mol. The Balaban J connectivity index is 4.43. The molecule has 0 rings (SSSR count). The highest BCUT2D eigenvalue weighted by Crippen LogP contribution is 2.54. The monoisotopic (exact) mass is 249 g/mol. The van der Waals surface area contributed by atoms with E-state index >= 15 is 0 Å². The molecule has 84 valence electrons. The lowest BCUT2D eigenvalue weighted by molar-refractivity contribution is -0.138. The van der Waals surface area contributed by atoms with Crippen LogP contribution >= 0.6 is 15.6 Å². The first-order valence-corrected chi connectivity index (χ1v) is 6.24. The van der Waals surface area contributed by atoms with Crippen molar-refractivity contribution >= 4 is 21.5 Å². The van der Waals surface area contributed by atoms with Gasteiger partial charge in [0.05, 0.1) is 0 Å². The summed E-state index contributed by atoms with van der Waals surface area (Å²) < 4.78 is 24.4.